The predicted octanol–water partition coefficient (Wildman–Crippen LogP) is 3.21. The number of hydrogen-bond acceptors (Lipinski definition) is 7. The van der Waals surface area contributed by atoms with Gasteiger partial charge >= 0.3 is 6.03 Å². The number of morpholine rings is 1. The highest BCUT2D eigenvalue weighted by Crippen LogP contribution is 2.32. The fourth-order valence-corrected chi connectivity index (χ4v) is 4.69. The maximum absolute atomic E-state index is 12.5. The van der Waals surface area contributed by atoms with Gasteiger partial charge in [0.1, 0.15) is 12.4 Å². The zero-order valence-electron chi connectivity index (χ0n) is 22.1. The van der Waals surface area contributed by atoms with Crippen molar-refractivity contribution in [3.8, 4) is 11.4 Å². The van der Waals surface area contributed by atoms with Crippen LogP contribution in [0.25, 0.3) is 11.4 Å². The Morgan fingerprint density at radius 3 is 2.70 bits per heavy atom. The Morgan fingerprint density at radius 1 is 1.16 bits per heavy atom. The summed E-state index contributed by atoms with van der Waals surface area (Å²) in [6, 6.07) is 7.55. The molecule has 0 radical (unpaired) electrons. The lowest BCUT2D eigenvalue weighted by atomic mass is 10.0. The minimum Gasteiger partial charge on any atom is -0.377 e. The number of carbonyl (C=O) groups excluding carboxylic acids is 2. The van der Waals surface area contributed by atoms with Crippen LogP contribution in [0.15, 0.2) is 24.3 Å². The highest BCUT2D eigenvalue weighted by atomic mass is 16.5. The molecule has 2 aliphatic heterocycles. The molecule has 1 aromatic carbocycles. The van der Waals surface area contributed by atoms with Crippen molar-refractivity contribution >= 4 is 23.4 Å². The van der Waals surface area contributed by atoms with Crippen LogP contribution in [-0.4, -0.2) is 79.4 Å². The summed E-state index contributed by atoms with van der Waals surface area (Å²) in [6.45, 7) is 8.04. The standard InChI is InChI=1S/C27H38N6O4/c1-4-5-6-12-28-27(35)29-21-9-7-20(8-10-21)25-30-23-11-13-32(24(34)18-36-3)16-22(23)26(31-25)33-14-15-37-17-19(33)2/h7-10,19H,4-6,11-18H2,1-3H3,(H2,28,29,35). The fraction of sp³-hybridized carbons (Fsp3) is 0.556. The monoisotopic (exact) mass is 510 g/mol. The Kier molecular flexibility index (Phi) is 9.29. The number of aromatic nitrogens is 2. The maximum atomic E-state index is 12.5. The van der Waals surface area contributed by atoms with Crippen LogP contribution in [0.4, 0.5) is 16.3 Å². The van der Waals surface area contributed by atoms with Crippen molar-refractivity contribution < 1.29 is 19.1 Å². The van der Waals surface area contributed by atoms with Gasteiger partial charge in [0.2, 0.25) is 5.91 Å². The molecule has 1 aromatic heterocycles. The van der Waals surface area contributed by atoms with E-state index in [9.17, 15) is 9.59 Å². The average molecular weight is 511 g/mol. The third kappa shape index (κ3) is 6.75. The maximum Gasteiger partial charge on any atom is 0.319 e. The molecule has 3 amide bonds. The van der Waals surface area contributed by atoms with Crippen molar-refractivity contribution in [2.45, 2.75) is 52.1 Å². The Morgan fingerprint density at radius 2 is 1.97 bits per heavy atom. The topological polar surface area (TPSA) is 109 Å². The number of benzene rings is 1. The molecular formula is C27H38N6O4. The molecule has 1 atom stereocenters. The summed E-state index contributed by atoms with van der Waals surface area (Å²) in [7, 11) is 1.53. The molecule has 2 aliphatic rings. The van der Waals surface area contributed by atoms with Gasteiger partial charge in [-0.3, -0.25) is 4.79 Å². The lowest BCUT2D eigenvalue weighted by molar-refractivity contribution is -0.136. The fourth-order valence-electron chi connectivity index (χ4n) is 4.69. The van der Waals surface area contributed by atoms with Gasteiger partial charge in [-0.15, -0.1) is 0 Å². The number of amides is 3. The number of fused-ring (bicyclic) bond motifs is 1. The summed E-state index contributed by atoms with van der Waals surface area (Å²) >= 11 is 0. The van der Waals surface area contributed by atoms with Gasteiger partial charge in [0.25, 0.3) is 0 Å². The van der Waals surface area contributed by atoms with Gasteiger partial charge in [-0.1, -0.05) is 19.8 Å². The number of unbranched alkanes of at least 4 members (excludes halogenated alkanes) is 2. The number of methoxy groups -OCH3 is 1. The number of anilines is 2. The highest BCUT2D eigenvalue weighted by molar-refractivity contribution is 5.89. The first-order valence-electron chi connectivity index (χ1n) is 13.2. The molecule has 1 saturated heterocycles. The van der Waals surface area contributed by atoms with Gasteiger partial charge in [-0.25, -0.2) is 14.8 Å². The number of nitrogens with one attached hydrogen (secondary N) is 2. The molecule has 2 N–H and O–H groups in total. The molecule has 2 aromatic rings. The van der Waals surface area contributed by atoms with Gasteiger partial charge in [0, 0.05) is 50.0 Å². The van der Waals surface area contributed by atoms with E-state index >= 15 is 0 Å². The predicted molar refractivity (Wildman–Crippen MR) is 143 cm³/mol. The molecule has 1 unspecified atom stereocenters. The second-order valence-electron chi connectivity index (χ2n) is 9.58. The summed E-state index contributed by atoms with van der Waals surface area (Å²) in [5.74, 6) is 1.47. The molecule has 37 heavy (non-hydrogen) atoms. The number of ether oxygens (including phenoxy) is 2. The Balaban J connectivity index is 1.56. The Bertz CT molecular complexity index is 1080. The molecule has 10 heteroatoms. The van der Waals surface area contributed by atoms with E-state index in [2.05, 4.69) is 29.4 Å². The van der Waals surface area contributed by atoms with Gasteiger partial charge in [0.05, 0.1) is 31.5 Å². The molecule has 200 valence electrons. The van der Waals surface area contributed by atoms with Gasteiger partial charge in [-0.2, -0.15) is 0 Å². The van der Waals surface area contributed by atoms with Crippen molar-refractivity contribution in [3.05, 3.63) is 35.5 Å². The van der Waals surface area contributed by atoms with E-state index in [4.69, 9.17) is 19.4 Å². The number of hydrogen-bond donors (Lipinski definition) is 2. The number of urea groups is 1. The average Bonchev–Trinajstić information content (AvgIpc) is 2.91. The summed E-state index contributed by atoms with van der Waals surface area (Å²) < 4.78 is 10.7. The molecule has 1 fully saturated rings. The van der Waals surface area contributed by atoms with E-state index in [1.165, 1.54) is 7.11 Å². The molecule has 4 rings (SSSR count). The smallest absolute Gasteiger partial charge is 0.319 e. The Labute approximate surface area is 218 Å². The quantitative estimate of drug-likeness (QED) is 0.499. The number of carbonyl (C=O) groups is 2. The van der Waals surface area contributed by atoms with Crippen LogP contribution in [0, 0.1) is 0 Å². The van der Waals surface area contributed by atoms with Crippen LogP contribution >= 0.6 is 0 Å². The lowest BCUT2D eigenvalue weighted by Gasteiger charge is -2.38. The van der Waals surface area contributed by atoms with Gasteiger partial charge in [-0.05, 0) is 37.6 Å². The highest BCUT2D eigenvalue weighted by Gasteiger charge is 2.30. The lowest BCUT2D eigenvalue weighted by Crippen LogP contribution is -2.46. The van der Waals surface area contributed by atoms with Crippen LogP contribution in [0.5, 0.6) is 0 Å². The molecule has 10 nitrogen and oxygen atoms in total. The van der Waals surface area contributed by atoms with Crippen LogP contribution in [0.1, 0.15) is 44.4 Å². The van der Waals surface area contributed by atoms with Crippen molar-refractivity contribution in [2.24, 2.45) is 0 Å². The first kappa shape index (κ1) is 26.8. The van der Waals surface area contributed by atoms with Crippen molar-refractivity contribution in [1.82, 2.24) is 20.2 Å². The van der Waals surface area contributed by atoms with Crippen molar-refractivity contribution in [2.75, 3.05) is 56.8 Å². The Hall–Kier alpha value is -3.24. The molecule has 0 spiro atoms. The van der Waals surface area contributed by atoms with Crippen LogP contribution in [0.3, 0.4) is 0 Å². The van der Waals surface area contributed by atoms with Crippen LogP contribution in [0.2, 0.25) is 0 Å². The van der Waals surface area contributed by atoms with E-state index in [1.807, 2.05) is 29.2 Å². The largest absolute Gasteiger partial charge is 0.377 e. The molecule has 0 saturated carbocycles. The molecule has 0 aliphatic carbocycles. The first-order valence-corrected chi connectivity index (χ1v) is 13.2. The second-order valence-corrected chi connectivity index (χ2v) is 9.58. The molecule has 3 heterocycles. The minimum absolute atomic E-state index is 0.0318. The minimum atomic E-state index is -0.204. The summed E-state index contributed by atoms with van der Waals surface area (Å²) in [5, 5.41) is 5.77. The van der Waals surface area contributed by atoms with E-state index in [-0.39, 0.29) is 24.6 Å². The van der Waals surface area contributed by atoms with Crippen molar-refractivity contribution in [3.63, 3.8) is 0 Å². The third-order valence-electron chi connectivity index (χ3n) is 6.77. The zero-order chi connectivity index (χ0) is 26.2. The van der Waals surface area contributed by atoms with E-state index < -0.39 is 0 Å². The van der Waals surface area contributed by atoms with E-state index in [0.717, 1.165) is 48.4 Å². The number of rotatable bonds is 9. The SMILES string of the molecule is CCCCCNC(=O)Nc1ccc(-c2nc3c(c(N4CCOCC4C)n2)CN(C(=O)COC)CC3)cc1. The second kappa shape index (κ2) is 12.8. The van der Waals surface area contributed by atoms with Crippen LogP contribution in [-0.2, 0) is 27.2 Å². The molecule has 0 bridgehead atoms. The number of nitrogens with zero attached hydrogens (tertiary/aromatic N) is 4. The van der Waals surface area contributed by atoms with Crippen LogP contribution < -0.4 is 15.5 Å². The van der Waals surface area contributed by atoms with Crippen molar-refractivity contribution in [1.29, 1.82) is 0 Å². The van der Waals surface area contributed by atoms with Gasteiger partial charge in [0.15, 0.2) is 5.82 Å². The zero-order valence-corrected chi connectivity index (χ0v) is 22.1. The summed E-state index contributed by atoms with van der Waals surface area (Å²) in [5.41, 5.74) is 3.54. The molecular weight excluding hydrogens is 472 g/mol. The normalized spacial score (nSPS) is 17.3. The summed E-state index contributed by atoms with van der Waals surface area (Å²) in [6.07, 6.45) is 3.85. The third-order valence-corrected chi connectivity index (χ3v) is 6.77. The summed E-state index contributed by atoms with van der Waals surface area (Å²) in [4.78, 5) is 38.7. The first-order chi connectivity index (χ1) is 18.0. The van der Waals surface area contributed by atoms with E-state index in [1.54, 1.807) is 0 Å². The van der Waals surface area contributed by atoms with E-state index in [0.29, 0.717) is 50.8 Å². The van der Waals surface area contributed by atoms with Gasteiger partial charge < -0.3 is 29.9 Å².